The van der Waals surface area contributed by atoms with Gasteiger partial charge in [0.1, 0.15) is 0 Å². The van der Waals surface area contributed by atoms with Crippen LogP contribution >= 0.6 is 0 Å². The lowest BCUT2D eigenvalue weighted by Gasteiger charge is -2.03. The second-order valence-corrected chi connectivity index (χ2v) is 2.92. The lowest BCUT2D eigenvalue weighted by Crippen LogP contribution is -2.36. The maximum atomic E-state index is 11.0. The standard InChI is InChI=1S/C9H7N3O3/c13-6-2-1-3-12(5-6)7-4-8(14)11-9(15)10-7/h1-5H,(H2-,10,11,13,14,15). The van der Waals surface area contributed by atoms with Crippen LogP contribution in [-0.2, 0) is 0 Å². The van der Waals surface area contributed by atoms with Gasteiger partial charge in [0, 0.05) is 0 Å². The Morgan fingerprint density at radius 2 is 2.07 bits per heavy atom. The second kappa shape index (κ2) is 3.41. The molecule has 0 aliphatic rings. The predicted octanol–water partition coefficient (Wildman–Crippen LogP) is -1.59. The number of pyridine rings is 1. The van der Waals surface area contributed by atoms with Crippen LogP contribution in [0.3, 0.4) is 0 Å². The molecule has 6 heteroatoms. The van der Waals surface area contributed by atoms with Crippen molar-refractivity contribution in [2.45, 2.75) is 0 Å². The number of aromatic nitrogens is 3. The molecule has 15 heavy (non-hydrogen) atoms. The van der Waals surface area contributed by atoms with Gasteiger partial charge >= 0.3 is 5.69 Å². The molecule has 0 bridgehead atoms. The van der Waals surface area contributed by atoms with Gasteiger partial charge in [0.2, 0.25) is 0 Å². The van der Waals surface area contributed by atoms with Gasteiger partial charge in [-0.15, -0.1) is 0 Å². The molecular weight excluding hydrogens is 198 g/mol. The molecule has 0 atom stereocenters. The summed E-state index contributed by atoms with van der Waals surface area (Å²) in [5.41, 5.74) is -1.13. The fraction of sp³-hybridized carbons (Fsp3) is 0. The molecule has 2 aromatic heterocycles. The molecular formula is C9H7N3O3. The monoisotopic (exact) mass is 205 g/mol. The summed E-state index contributed by atoms with van der Waals surface area (Å²) in [6, 6.07) is 4.10. The van der Waals surface area contributed by atoms with E-state index in [9.17, 15) is 14.7 Å². The fourth-order valence-corrected chi connectivity index (χ4v) is 1.20. The smallest absolute Gasteiger partial charge is 0.413 e. The number of aromatic amines is 2. The summed E-state index contributed by atoms with van der Waals surface area (Å²) in [7, 11) is 0. The van der Waals surface area contributed by atoms with Crippen LogP contribution in [0.2, 0.25) is 0 Å². The van der Waals surface area contributed by atoms with Gasteiger partial charge in [-0.1, -0.05) is 11.8 Å². The van der Waals surface area contributed by atoms with Crippen LogP contribution in [-0.4, -0.2) is 9.97 Å². The third kappa shape index (κ3) is 1.93. The van der Waals surface area contributed by atoms with Crippen molar-refractivity contribution >= 4 is 0 Å². The minimum absolute atomic E-state index is 0.210. The number of nitrogens with one attached hydrogen (secondary N) is 2. The van der Waals surface area contributed by atoms with Crippen molar-refractivity contribution < 1.29 is 9.67 Å². The Kier molecular flexibility index (Phi) is 2.09. The molecule has 0 radical (unpaired) electrons. The molecule has 2 aromatic rings. The summed E-state index contributed by atoms with van der Waals surface area (Å²) in [6.45, 7) is 0. The van der Waals surface area contributed by atoms with Crippen molar-refractivity contribution in [2.75, 3.05) is 0 Å². The van der Waals surface area contributed by atoms with Gasteiger partial charge in [-0.25, -0.2) is 9.36 Å². The van der Waals surface area contributed by atoms with E-state index in [1.807, 2.05) is 4.98 Å². The summed E-state index contributed by atoms with van der Waals surface area (Å²) in [5, 5.41) is 11.0. The zero-order valence-corrected chi connectivity index (χ0v) is 7.56. The van der Waals surface area contributed by atoms with Gasteiger partial charge < -0.3 is 5.11 Å². The molecule has 0 aliphatic heterocycles. The average Bonchev–Trinajstić information content (AvgIpc) is 2.16. The van der Waals surface area contributed by atoms with E-state index in [0.29, 0.717) is 0 Å². The van der Waals surface area contributed by atoms with E-state index in [2.05, 4.69) is 4.98 Å². The molecule has 0 aromatic carbocycles. The molecule has 2 N–H and O–H groups in total. The fourth-order valence-electron chi connectivity index (χ4n) is 1.20. The second-order valence-electron chi connectivity index (χ2n) is 2.92. The first-order chi connectivity index (χ1) is 7.15. The number of rotatable bonds is 1. The Labute approximate surface area is 83.5 Å². The minimum Gasteiger partial charge on any atom is -0.870 e. The molecule has 0 aliphatic carbocycles. The highest BCUT2D eigenvalue weighted by molar-refractivity contribution is 5.12. The molecule has 0 saturated heterocycles. The van der Waals surface area contributed by atoms with E-state index < -0.39 is 11.2 Å². The Morgan fingerprint density at radius 3 is 2.73 bits per heavy atom. The van der Waals surface area contributed by atoms with Gasteiger partial charge in [-0.05, 0) is 6.07 Å². The maximum Gasteiger partial charge on any atom is 0.413 e. The van der Waals surface area contributed by atoms with Crippen molar-refractivity contribution in [2.24, 2.45) is 0 Å². The van der Waals surface area contributed by atoms with E-state index in [1.165, 1.54) is 29.0 Å². The molecule has 0 amide bonds. The van der Waals surface area contributed by atoms with Crippen molar-refractivity contribution in [3.63, 3.8) is 0 Å². The largest absolute Gasteiger partial charge is 0.870 e. The van der Waals surface area contributed by atoms with Crippen molar-refractivity contribution in [3.8, 4) is 11.6 Å². The van der Waals surface area contributed by atoms with Crippen LogP contribution in [0.15, 0.2) is 40.2 Å². The Morgan fingerprint density at radius 1 is 1.27 bits per heavy atom. The SMILES string of the molecule is O=c1cc(-[n+]2cccc([O-])c2)[nH]c(=O)[nH]1. The molecule has 0 spiro atoms. The van der Waals surface area contributed by atoms with Crippen LogP contribution in [0.25, 0.3) is 5.82 Å². The zero-order valence-electron chi connectivity index (χ0n) is 7.56. The van der Waals surface area contributed by atoms with Crippen LogP contribution < -0.4 is 20.9 Å². The van der Waals surface area contributed by atoms with E-state index >= 15 is 0 Å². The quantitative estimate of drug-likeness (QED) is 0.550. The van der Waals surface area contributed by atoms with E-state index in [-0.39, 0.29) is 11.6 Å². The molecule has 6 nitrogen and oxygen atoms in total. The Hall–Kier alpha value is -2.37. The van der Waals surface area contributed by atoms with Gasteiger partial charge in [0.05, 0.1) is 18.5 Å². The first-order valence-corrected chi connectivity index (χ1v) is 4.17. The first-order valence-electron chi connectivity index (χ1n) is 4.17. The highest BCUT2D eigenvalue weighted by atomic mass is 16.3. The topological polar surface area (TPSA) is 92.7 Å². The first kappa shape index (κ1) is 9.20. The predicted molar refractivity (Wildman–Crippen MR) is 48.7 cm³/mol. The van der Waals surface area contributed by atoms with Crippen molar-refractivity contribution in [3.05, 3.63) is 51.4 Å². The number of H-pyrrole nitrogens is 2. The highest BCUT2D eigenvalue weighted by Gasteiger charge is 2.05. The zero-order chi connectivity index (χ0) is 10.8. The number of hydrogen-bond donors (Lipinski definition) is 2. The number of hydrogen-bond acceptors (Lipinski definition) is 3. The summed E-state index contributed by atoms with van der Waals surface area (Å²) in [6.07, 6.45) is 2.83. The van der Waals surface area contributed by atoms with E-state index in [1.54, 1.807) is 6.20 Å². The average molecular weight is 205 g/mol. The maximum absolute atomic E-state index is 11.0. The van der Waals surface area contributed by atoms with Crippen LogP contribution in [0, 0.1) is 0 Å². The van der Waals surface area contributed by atoms with Gasteiger partial charge in [0.15, 0.2) is 0 Å². The summed E-state index contributed by atoms with van der Waals surface area (Å²) in [5.74, 6) is 0.0417. The lowest BCUT2D eigenvalue weighted by molar-refractivity contribution is -0.603. The van der Waals surface area contributed by atoms with Gasteiger partial charge in [0.25, 0.3) is 11.4 Å². The molecule has 76 valence electrons. The van der Waals surface area contributed by atoms with Crippen LogP contribution in [0.1, 0.15) is 0 Å². The third-order valence-electron chi connectivity index (χ3n) is 1.80. The molecule has 2 rings (SSSR count). The van der Waals surface area contributed by atoms with Crippen molar-refractivity contribution in [1.29, 1.82) is 0 Å². The van der Waals surface area contributed by atoms with Crippen LogP contribution in [0.4, 0.5) is 0 Å². The van der Waals surface area contributed by atoms with E-state index in [0.717, 1.165) is 0 Å². The lowest BCUT2D eigenvalue weighted by atomic mass is 10.4. The van der Waals surface area contributed by atoms with Crippen LogP contribution in [0.5, 0.6) is 5.75 Å². The molecule has 0 fully saturated rings. The Balaban J connectivity index is 2.64. The van der Waals surface area contributed by atoms with Gasteiger partial charge in [-0.2, -0.15) is 4.98 Å². The Bertz CT molecular complexity index is 572. The highest BCUT2D eigenvalue weighted by Crippen LogP contribution is 1.97. The normalized spacial score (nSPS) is 10.1. The molecule has 2 heterocycles. The third-order valence-corrected chi connectivity index (χ3v) is 1.80. The number of nitrogens with zero attached hydrogens (tertiary/aromatic N) is 1. The molecule has 0 saturated carbocycles. The summed E-state index contributed by atoms with van der Waals surface area (Å²) < 4.78 is 1.37. The van der Waals surface area contributed by atoms with E-state index in [4.69, 9.17) is 0 Å². The van der Waals surface area contributed by atoms with Gasteiger partial charge in [-0.3, -0.25) is 9.78 Å². The summed E-state index contributed by atoms with van der Waals surface area (Å²) >= 11 is 0. The van der Waals surface area contributed by atoms with Crippen molar-refractivity contribution in [1.82, 2.24) is 9.97 Å². The summed E-state index contributed by atoms with van der Waals surface area (Å²) in [4.78, 5) is 26.4. The minimum atomic E-state index is -0.610. The molecule has 0 unspecified atom stereocenters.